The van der Waals surface area contributed by atoms with Crippen LogP contribution < -0.4 is 0 Å². The fraction of sp³-hybridized carbons (Fsp3) is 0.875. The molecule has 2 fully saturated rings. The van der Waals surface area contributed by atoms with Crippen LogP contribution in [0.25, 0.3) is 0 Å². The SMILES string of the molecule is CC=C[SiH2]CC(C)CC(N1CCCC1)N1CCCC1. The Balaban J connectivity index is 1.85. The molecule has 2 aliphatic rings. The average Bonchev–Trinajstić information content (AvgIpc) is 3.09. The Labute approximate surface area is 122 Å². The van der Waals surface area contributed by atoms with Gasteiger partial charge in [-0.25, -0.2) is 0 Å². The zero-order valence-electron chi connectivity index (χ0n) is 13.0. The molecule has 19 heavy (non-hydrogen) atoms. The number of hydrogen-bond donors (Lipinski definition) is 0. The Kier molecular flexibility index (Phi) is 6.61. The fourth-order valence-corrected chi connectivity index (χ4v) is 4.96. The Bertz CT molecular complexity index is 252. The number of allylic oxidation sites excluding steroid dienone is 1. The first-order valence-corrected chi connectivity index (χ1v) is 10.2. The van der Waals surface area contributed by atoms with E-state index in [1.807, 2.05) is 0 Å². The van der Waals surface area contributed by atoms with Crippen molar-refractivity contribution in [3.05, 3.63) is 11.8 Å². The molecule has 0 saturated carbocycles. The molecule has 0 aromatic rings. The van der Waals surface area contributed by atoms with Crippen LogP contribution in [0.4, 0.5) is 0 Å². The molecule has 2 saturated heterocycles. The first kappa shape index (κ1) is 15.3. The third-order valence-corrected chi connectivity index (χ3v) is 6.92. The van der Waals surface area contributed by atoms with Crippen molar-refractivity contribution in [3.8, 4) is 0 Å². The molecule has 2 nitrogen and oxygen atoms in total. The van der Waals surface area contributed by atoms with Crippen LogP contribution in [0.15, 0.2) is 11.8 Å². The van der Waals surface area contributed by atoms with Gasteiger partial charge in [0.2, 0.25) is 0 Å². The van der Waals surface area contributed by atoms with E-state index < -0.39 is 0 Å². The molecule has 0 spiro atoms. The van der Waals surface area contributed by atoms with E-state index in [1.54, 1.807) is 0 Å². The van der Waals surface area contributed by atoms with Crippen molar-refractivity contribution in [2.75, 3.05) is 26.2 Å². The molecule has 0 radical (unpaired) electrons. The minimum Gasteiger partial charge on any atom is -0.288 e. The molecule has 3 heteroatoms. The Hall–Kier alpha value is -0.123. The lowest BCUT2D eigenvalue weighted by Gasteiger charge is -2.37. The number of nitrogens with zero attached hydrogens (tertiary/aromatic N) is 2. The van der Waals surface area contributed by atoms with Gasteiger partial charge in [-0.1, -0.05) is 19.0 Å². The van der Waals surface area contributed by atoms with Crippen LogP contribution in [0.2, 0.25) is 6.04 Å². The molecule has 0 aromatic carbocycles. The second-order valence-corrected chi connectivity index (χ2v) is 8.08. The van der Waals surface area contributed by atoms with Gasteiger partial charge in [0.15, 0.2) is 0 Å². The summed E-state index contributed by atoms with van der Waals surface area (Å²) in [6.07, 6.45) is 10.1. The molecule has 2 heterocycles. The topological polar surface area (TPSA) is 6.48 Å². The van der Waals surface area contributed by atoms with Gasteiger partial charge >= 0.3 is 0 Å². The molecule has 0 amide bonds. The van der Waals surface area contributed by atoms with E-state index in [0.29, 0.717) is 0 Å². The summed E-state index contributed by atoms with van der Waals surface area (Å²) >= 11 is 0. The highest BCUT2D eigenvalue weighted by molar-refractivity contribution is 6.42. The summed E-state index contributed by atoms with van der Waals surface area (Å²) in [5.74, 6) is 0.911. The summed E-state index contributed by atoms with van der Waals surface area (Å²) in [6.45, 7) is 10.0. The molecule has 0 N–H and O–H groups in total. The minimum atomic E-state index is 0.0602. The largest absolute Gasteiger partial charge is 0.288 e. The van der Waals surface area contributed by atoms with Crippen molar-refractivity contribution in [2.45, 2.75) is 58.2 Å². The van der Waals surface area contributed by atoms with Crippen molar-refractivity contribution in [3.63, 3.8) is 0 Å². The zero-order valence-corrected chi connectivity index (χ0v) is 14.4. The van der Waals surface area contributed by atoms with Crippen LogP contribution in [0, 0.1) is 5.92 Å². The van der Waals surface area contributed by atoms with Crippen molar-refractivity contribution >= 4 is 9.52 Å². The lowest BCUT2D eigenvalue weighted by Crippen LogP contribution is -2.46. The van der Waals surface area contributed by atoms with E-state index in [2.05, 4.69) is 35.4 Å². The van der Waals surface area contributed by atoms with Crippen LogP contribution in [0.3, 0.4) is 0 Å². The van der Waals surface area contributed by atoms with E-state index in [0.717, 1.165) is 12.1 Å². The lowest BCUT2D eigenvalue weighted by molar-refractivity contribution is 0.0618. The first-order chi connectivity index (χ1) is 9.31. The van der Waals surface area contributed by atoms with Gasteiger partial charge in [-0.3, -0.25) is 9.80 Å². The van der Waals surface area contributed by atoms with Crippen LogP contribution in [-0.2, 0) is 0 Å². The van der Waals surface area contributed by atoms with Crippen molar-refractivity contribution in [1.29, 1.82) is 0 Å². The molecule has 110 valence electrons. The molecule has 0 aliphatic carbocycles. The van der Waals surface area contributed by atoms with Crippen molar-refractivity contribution in [1.82, 2.24) is 9.80 Å². The molecule has 0 bridgehead atoms. The first-order valence-electron chi connectivity index (χ1n) is 8.40. The zero-order chi connectivity index (χ0) is 13.5. The van der Waals surface area contributed by atoms with E-state index in [9.17, 15) is 0 Å². The van der Waals surface area contributed by atoms with Crippen LogP contribution in [0.1, 0.15) is 46.0 Å². The predicted molar refractivity (Wildman–Crippen MR) is 87.3 cm³/mol. The van der Waals surface area contributed by atoms with Gasteiger partial charge in [0, 0.05) is 9.52 Å². The Morgan fingerprint density at radius 3 is 2.00 bits per heavy atom. The average molecular weight is 281 g/mol. The Morgan fingerprint density at radius 1 is 1.00 bits per heavy atom. The van der Waals surface area contributed by atoms with Gasteiger partial charge in [0.05, 0.1) is 6.17 Å². The number of rotatable bonds is 7. The van der Waals surface area contributed by atoms with Gasteiger partial charge in [0.1, 0.15) is 0 Å². The fourth-order valence-electron chi connectivity index (χ4n) is 3.63. The summed E-state index contributed by atoms with van der Waals surface area (Å²) in [5, 5.41) is 0. The van der Waals surface area contributed by atoms with Gasteiger partial charge < -0.3 is 0 Å². The van der Waals surface area contributed by atoms with E-state index >= 15 is 0 Å². The Morgan fingerprint density at radius 2 is 1.53 bits per heavy atom. The molecular weight excluding hydrogens is 248 g/mol. The third kappa shape index (κ3) is 4.73. The van der Waals surface area contributed by atoms with E-state index in [1.165, 1.54) is 64.3 Å². The third-order valence-electron chi connectivity index (χ3n) is 4.80. The smallest absolute Gasteiger partial charge is 0.0624 e. The highest BCUT2D eigenvalue weighted by Gasteiger charge is 2.30. The number of hydrogen-bond acceptors (Lipinski definition) is 2. The van der Waals surface area contributed by atoms with E-state index in [4.69, 9.17) is 0 Å². The van der Waals surface area contributed by atoms with Crippen molar-refractivity contribution in [2.24, 2.45) is 5.92 Å². The molecular formula is C16H32N2Si. The minimum absolute atomic E-state index is 0.0602. The summed E-state index contributed by atoms with van der Waals surface area (Å²) in [5.41, 5.74) is 2.46. The molecule has 0 aromatic heterocycles. The van der Waals surface area contributed by atoms with Gasteiger partial charge in [0.25, 0.3) is 0 Å². The molecule has 2 rings (SSSR count). The second kappa shape index (κ2) is 8.23. The summed E-state index contributed by atoms with van der Waals surface area (Å²) in [7, 11) is 0.0602. The maximum absolute atomic E-state index is 2.78. The summed E-state index contributed by atoms with van der Waals surface area (Å²) < 4.78 is 0. The summed E-state index contributed by atoms with van der Waals surface area (Å²) in [4.78, 5) is 5.55. The van der Waals surface area contributed by atoms with Gasteiger partial charge in [-0.2, -0.15) is 0 Å². The monoisotopic (exact) mass is 280 g/mol. The molecule has 1 atom stereocenters. The molecule has 1 unspecified atom stereocenters. The normalized spacial score (nSPS) is 24.6. The van der Waals surface area contributed by atoms with Crippen LogP contribution >= 0.6 is 0 Å². The van der Waals surface area contributed by atoms with Crippen LogP contribution in [0.5, 0.6) is 0 Å². The molecule has 2 aliphatic heterocycles. The second-order valence-electron chi connectivity index (χ2n) is 6.45. The summed E-state index contributed by atoms with van der Waals surface area (Å²) in [6, 6.07) is 1.49. The maximum atomic E-state index is 2.78. The quantitative estimate of drug-likeness (QED) is 0.662. The van der Waals surface area contributed by atoms with Crippen LogP contribution in [-0.4, -0.2) is 51.7 Å². The standard InChI is InChI=1S/C16H32N2Si/c1-3-12-19-14-15(2)13-16(17-8-4-5-9-17)18-10-6-7-11-18/h3,12,15-16H,4-11,13-14,19H2,1-2H3. The van der Waals surface area contributed by atoms with Gasteiger partial charge in [-0.05, 0) is 71.1 Å². The highest BCUT2D eigenvalue weighted by Crippen LogP contribution is 2.25. The van der Waals surface area contributed by atoms with E-state index in [-0.39, 0.29) is 9.52 Å². The highest BCUT2D eigenvalue weighted by atomic mass is 28.2. The van der Waals surface area contributed by atoms with Gasteiger partial charge in [-0.15, -0.1) is 5.70 Å². The maximum Gasteiger partial charge on any atom is 0.0624 e. The predicted octanol–water partition coefficient (Wildman–Crippen LogP) is 2.65. The number of likely N-dealkylation sites (tertiary alicyclic amines) is 2. The van der Waals surface area contributed by atoms with Crippen molar-refractivity contribution < 1.29 is 0 Å². The lowest BCUT2D eigenvalue weighted by atomic mass is 10.1.